The van der Waals surface area contributed by atoms with Crippen molar-refractivity contribution in [3.63, 3.8) is 0 Å². The van der Waals surface area contributed by atoms with E-state index in [1.807, 2.05) is 30.3 Å². The molecule has 0 spiro atoms. The van der Waals surface area contributed by atoms with Crippen LogP contribution in [-0.2, 0) is 6.42 Å². The number of fused-ring (bicyclic) bond motifs is 3. The van der Waals surface area contributed by atoms with Crippen molar-refractivity contribution >= 4 is 23.2 Å². The van der Waals surface area contributed by atoms with Gasteiger partial charge in [-0.25, -0.2) is 4.39 Å². The number of rotatable bonds is 3. The van der Waals surface area contributed by atoms with Crippen molar-refractivity contribution in [2.45, 2.75) is 13.3 Å². The molecule has 6 heteroatoms. The zero-order chi connectivity index (χ0) is 20.8. The molecule has 0 unspecified atom stereocenters. The van der Waals surface area contributed by atoms with Crippen LogP contribution in [0.15, 0.2) is 65.2 Å². The fraction of sp³-hybridized carbons (Fsp3) is 0.0833. The fourth-order valence-corrected chi connectivity index (χ4v) is 4.20. The number of nitrogens with zero attached hydrogens (tertiary/aromatic N) is 1. The largest absolute Gasteiger partial charge is 0.360 e. The molecule has 0 saturated heterocycles. The van der Waals surface area contributed by atoms with E-state index in [4.69, 9.17) is 16.1 Å². The minimum atomic E-state index is -0.569. The zero-order valence-corrected chi connectivity index (χ0v) is 16.8. The van der Waals surface area contributed by atoms with Crippen molar-refractivity contribution in [2.75, 3.05) is 5.32 Å². The Morgan fingerprint density at radius 1 is 1.07 bits per heavy atom. The third-order valence-electron chi connectivity index (χ3n) is 5.34. The second-order valence-corrected chi connectivity index (χ2v) is 7.63. The molecule has 0 saturated carbocycles. The van der Waals surface area contributed by atoms with Gasteiger partial charge in [0.05, 0.1) is 10.6 Å². The van der Waals surface area contributed by atoms with Crippen LogP contribution < -0.4 is 5.32 Å². The van der Waals surface area contributed by atoms with E-state index < -0.39 is 11.7 Å². The fourth-order valence-electron chi connectivity index (χ4n) is 3.95. The van der Waals surface area contributed by atoms with E-state index in [-0.39, 0.29) is 27.6 Å². The minimum absolute atomic E-state index is 0.0468. The van der Waals surface area contributed by atoms with Crippen LogP contribution in [-0.4, -0.2) is 11.1 Å². The Bertz CT molecular complexity index is 1290. The lowest BCUT2D eigenvalue weighted by atomic mass is 10.0. The van der Waals surface area contributed by atoms with Gasteiger partial charge < -0.3 is 9.84 Å². The molecule has 5 rings (SSSR count). The average Bonchev–Trinajstić information content (AvgIpc) is 3.28. The summed E-state index contributed by atoms with van der Waals surface area (Å²) >= 11 is 6.16. The number of aryl methyl sites for hydroxylation is 1. The lowest BCUT2D eigenvalue weighted by Gasteiger charge is -2.09. The predicted octanol–water partition coefficient (Wildman–Crippen LogP) is 6.27. The van der Waals surface area contributed by atoms with Crippen molar-refractivity contribution in [1.82, 2.24) is 5.16 Å². The molecule has 3 aromatic carbocycles. The number of halogens is 2. The SMILES string of the molecule is Cc1onc(-c2c(F)cccc2Cl)c1C(=O)Nc1ccc2c(c1)Cc1ccccc1-2. The molecule has 0 aliphatic heterocycles. The quantitative estimate of drug-likeness (QED) is 0.376. The van der Waals surface area contributed by atoms with Crippen LogP contribution in [0.1, 0.15) is 27.2 Å². The molecule has 1 aromatic heterocycles. The summed E-state index contributed by atoms with van der Waals surface area (Å²) in [6.07, 6.45) is 0.817. The first-order chi connectivity index (χ1) is 14.5. The number of aromatic nitrogens is 1. The molecule has 0 bridgehead atoms. The summed E-state index contributed by atoms with van der Waals surface area (Å²) in [7, 11) is 0. The minimum Gasteiger partial charge on any atom is -0.360 e. The van der Waals surface area contributed by atoms with Gasteiger partial charge in [-0.2, -0.15) is 0 Å². The average molecular weight is 419 g/mol. The van der Waals surface area contributed by atoms with Gasteiger partial charge in [0, 0.05) is 5.69 Å². The highest BCUT2D eigenvalue weighted by atomic mass is 35.5. The number of carbonyl (C=O) groups excluding carboxylic acids is 1. The lowest BCUT2D eigenvalue weighted by Crippen LogP contribution is -2.14. The number of amides is 1. The van der Waals surface area contributed by atoms with Gasteiger partial charge in [-0.3, -0.25) is 4.79 Å². The van der Waals surface area contributed by atoms with Crippen LogP contribution in [0.2, 0.25) is 5.02 Å². The summed E-state index contributed by atoms with van der Waals surface area (Å²) in [5, 5.41) is 6.94. The highest BCUT2D eigenvalue weighted by Crippen LogP contribution is 2.38. The molecule has 0 atom stereocenters. The zero-order valence-electron chi connectivity index (χ0n) is 16.0. The number of hydrogen-bond acceptors (Lipinski definition) is 3. The normalized spacial score (nSPS) is 11.8. The molecule has 4 nitrogen and oxygen atoms in total. The van der Waals surface area contributed by atoms with Gasteiger partial charge in [0.15, 0.2) is 0 Å². The summed E-state index contributed by atoms with van der Waals surface area (Å²) in [6.45, 7) is 1.61. The monoisotopic (exact) mass is 418 g/mol. The highest BCUT2D eigenvalue weighted by Gasteiger charge is 2.26. The lowest BCUT2D eigenvalue weighted by molar-refractivity contribution is 0.102. The Kier molecular flexibility index (Phi) is 4.40. The first kappa shape index (κ1) is 18.6. The highest BCUT2D eigenvalue weighted by molar-refractivity contribution is 6.33. The molecule has 30 heavy (non-hydrogen) atoms. The first-order valence-corrected chi connectivity index (χ1v) is 9.84. The van der Waals surface area contributed by atoms with E-state index in [0.29, 0.717) is 5.69 Å². The Morgan fingerprint density at radius 2 is 1.87 bits per heavy atom. The topological polar surface area (TPSA) is 55.1 Å². The van der Waals surface area contributed by atoms with Crippen molar-refractivity contribution in [3.05, 3.63) is 94.0 Å². The number of hydrogen-bond donors (Lipinski definition) is 1. The third kappa shape index (κ3) is 2.99. The van der Waals surface area contributed by atoms with E-state index in [9.17, 15) is 9.18 Å². The van der Waals surface area contributed by atoms with Crippen molar-refractivity contribution < 1.29 is 13.7 Å². The van der Waals surface area contributed by atoms with Crippen molar-refractivity contribution in [3.8, 4) is 22.4 Å². The number of anilines is 1. The molecule has 1 N–H and O–H groups in total. The van der Waals surface area contributed by atoms with E-state index in [2.05, 4.69) is 22.6 Å². The molecular formula is C24H16ClFN2O2. The molecule has 1 heterocycles. The van der Waals surface area contributed by atoms with Crippen LogP contribution in [0, 0.1) is 12.7 Å². The summed E-state index contributed by atoms with van der Waals surface area (Å²) in [5.74, 6) is -0.714. The van der Waals surface area contributed by atoms with Gasteiger partial charge in [-0.15, -0.1) is 0 Å². The smallest absolute Gasteiger partial charge is 0.261 e. The van der Waals surface area contributed by atoms with Crippen molar-refractivity contribution in [2.24, 2.45) is 0 Å². The van der Waals surface area contributed by atoms with E-state index >= 15 is 0 Å². The van der Waals surface area contributed by atoms with Crippen LogP contribution in [0.3, 0.4) is 0 Å². The summed E-state index contributed by atoms with van der Waals surface area (Å²) in [4.78, 5) is 13.1. The Hall–Kier alpha value is -3.44. The van der Waals surface area contributed by atoms with Gasteiger partial charge in [0.25, 0.3) is 5.91 Å². The van der Waals surface area contributed by atoms with Gasteiger partial charge >= 0.3 is 0 Å². The molecule has 148 valence electrons. The second kappa shape index (κ2) is 7.11. The molecule has 1 amide bonds. The van der Waals surface area contributed by atoms with Gasteiger partial charge in [0.2, 0.25) is 0 Å². The molecule has 0 fully saturated rings. The third-order valence-corrected chi connectivity index (χ3v) is 5.66. The van der Waals surface area contributed by atoms with Crippen LogP contribution in [0.25, 0.3) is 22.4 Å². The van der Waals surface area contributed by atoms with Gasteiger partial charge in [-0.05, 0) is 59.9 Å². The van der Waals surface area contributed by atoms with Crippen molar-refractivity contribution in [1.29, 1.82) is 0 Å². The summed E-state index contributed by atoms with van der Waals surface area (Å²) in [5.41, 5.74) is 5.74. The number of benzene rings is 3. The Morgan fingerprint density at radius 3 is 2.70 bits per heavy atom. The van der Waals surface area contributed by atoms with Gasteiger partial charge in [0.1, 0.15) is 22.8 Å². The van der Waals surface area contributed by atoms with E-state index in [1.54, 1.807) is 13.0 Å². The molecule has 1 aliphatic rings. The molecule has 0 radical (unpaired) electrons. The first-order valence-electron chi connectivity index (χ1n) is 9.46. The van der Waals surface area contributed by atoms with Crippen LogP contribution in [0.4, 0.5) is 10.1 Å². The maximum Gasteiger partial charge on any atom is 0.261 e. The second-order valence-electron chi connectivity index (χ2n) is 7.22. The van der Waals surface area contributed by atoms with E-state index in [0.717, 1.165) is 12.0 Å². The number of nitrogens with one attached hydrogen (secondary N) is 1. The standard InChI is InChI=1S/C24H16ClFN2O2/c1-13-21(23(28-30-13)22-19(25)7-4-8-20(22)26)24(29)27-16-9-10-18-15(12-16)11-14-5-2-3-6-17(14)18/h2-10,12H,11H2,1H3,(H,27,29). The Balaban J connectivity index is 1.48. The maximum atomic E-state index is 14.4. The summed E-state index contributed by atoms with van der Waals surface area (Å²) in [6, 6.07) is 18.4. The number of carbonyl (C=O) groups is 1. The van der Waals surface area contributed by atoms with Crippen LogP contribution in [0.5, 0.6) is 0 Å². The summed E-state index contributed by atoms with van der Waals surface area (Å²) < 4.78 is 19.6. The Labute approximate surface area is 177 Å². The van der Waals surface area contributed by atoms with E-state index in [1.165, 1.54) is 28.8 Å². The predicted molar refractivity (Wildman–Crippen MR) is 114 cm³/mol. The molecular weight excluding hydrogens is 403 g/mol. The van der Waals surface area contributed by atoms with Crippen LogP contribution >= 0.6 is 11.6 Å². The maximum absolute atomic E-state index is 14.4. The molecule has 1 aliphatic carbocycles. The molecule has 4 aromatic rings. The van der Waals surface area contributed by atoms with Gasteiger partial charge in [-0.1, -0.05) is 53.2 Å².